The Balaban J connectivity index is 4.24. The second kappa shape index (κ2) is 3.53. The number of hydrogen-bond acceptors (Lipinski definition) is 3. The van der Waals surface area contributed by atoms with Crippen molar-refractivity contribution in [2.24, 2.45) is 0 Å². The smallest absolute Gasteiger partial charge is 0.323 e. The van der Waals surface area contributed by atoms with Crippen molar-refractivity contribution in [1.29, 1.82) is 0 Å². The number of aliphatic carboxylic acids is 2. The van der Waals surface area contributed by atoms with Gasteiger partial charge in [0.05, 0.1) is 0 Å². The Kier molecular flexibility index (Phi) is 3.21. The van der Waals surface area contributed by atoms with Gasteiger partial charge in [-0.05, 0) is 20.8 Å². The van der Waals surface area contributed by atoms with E-state index in [1.165, 1.54) is 20.8 Å². The molecule has 12 heavy (non-hydrogen) atoms. The molecular formula is C7H13NO4. The molecule has 5 heteroatoms. The standard InChI is InChI=1S/C7H13NO4/c1-4(5(9)10)8-7(2,3)6(11)12/h4,8H,1-3H3,(H,9,10)(H,11,12). The molecule has 0 rings (SSSR count). The van der Waals surface area contributed by atoms with E-state index in [0.717, 1.165) is 0 Å². The Labute approximate surface area is 70.4 Å². The van der Waals surface area contributed by atoms with Crippen LogP contribution in [0.4, 0.5) is 0 Å². The van der Waals surface area contributed by atoms with Crippen LogP contribution in [0.25, 0.3) is 0 Å². The summed E-state index contributed by atoms with van der Waals surface area (Å²) >= 11 is 0. The van der Waals surface area contributed by atoms with Gasteiger partial charge < -0.3 is 10.2 Å². The van der Waals surface area contributed by atoms with E-state index in [2.05, 4.69) is 5.32 Å². The molecule has 1 unspecified atom stereocenters. The maximum absolute atomic E-state index is 10.5. The van der Waals surface area contributed by atoms with E-state index < -0.39 is 23.5 Å². The van der Waals surface area contributed by atoms with Gasteiger partial charge in [-0.3, -0.25) is 14.9 Å². The molecule has 0 bridgehead atoms. The highest BCUT2D eigenvalue weighted by atomic mass is 16.4. The van der Waals surface area contributed by atoms with E-state index in [1.54, 1.807) is 0 Å². The third kappa shape index (κ3) is 2.87. The van der Waals surface area contributed by atoms with Gasteiger partial charge in [0.1, 0.15) is 11.6 Å². The monoisotopic (exact) mass is 175 g/mol. The van der Waals surface area contributed by atoms with Crippen LogP contribution in [-0.2, 0) is 9.59 Å². The highest BCUT2D eigenvalue weighted by Gasteiger charge is 2.30. The van der Waals surface area contributed by atoms with Crippen LogP contribution in [-0.4, -0.2) is 33.7 Å². The lowest BCUT2D eigenvalue weighted by molar-refractivity contribution is -0.145. The maximum atomic E-state index is 10.5. The van der Waals surface area contributed by atoms with Crippen molar-refractivity contribution >= 4 is 11.9 Å². The number of nitrogens with one attached hydrogen (secondary N) is 1. The van der Waals surface area contributed by atoms with Crippen molar-refractivity contribution in [2.75, 3.05) is 0 Å². The zero-order chi connectivity index (χ0) is 9.94. The van der Waals surface area contributed by atoms with Crippen molar-refractivity contribution in [3.63, 3.8) is 0 Å². The molecule has 0 spiro atoms. The average molecular weight is 175 g/mol. The van der Waals surface area contributed by atoms with Crippen LogP contribution in [0.1, 0.15) is 20.8 Å². The fraction of sp³-hybridized carbons (Fsp3) is 0.714. The lowest BCUT2D eigenvalue weighted by atomic mass is 10.1. The Morgan fingerprint density at radius 3 is 2.00 bits per heavy atom. The fourth-order valence-electron chi connectivity index (χ4n) is 0.665. The molecule has 0 fully saturated rings. The van der Waals surface area contributed by atoms with E-state index in [0.29, 0.717) is 0 Å². The van der Waals surface area contributed by atoms with Gasteiger partial charge in [0.15, 0.2) is 0 Å². The number of carboxylic acids is 2. The molecule has 0 saturated carbocycles. The summed E-state index contributed by atoms with van der Waals surface area (Å²) in [6.07, 6.45) is 0. The van der Waals surface area contributed by atoms with Crippen molar-refractivity contribution in [3.8, 4) is 0 Å². The summed E-state index contributed by atoms with van der Waals surface area (Å²) in [5, 5.41) is 19.5. The fourth-order valence-corrected chi connectivity index (χ4v) is 0.665. The van der Waals surface area contributed by atoms with E-state index in [-0.39, 0.29) is 0 Å². The largest absolute Gasteiger partial charge is 0.480 e. The predicted octanol–water partition coefficient (Wildman–Crippen LogP) is -0.0877. The lowest BCUT2D eigenvalue weighted by Crippen LogP contribution is -2.53. The number of hydrogen-bond donors (Lipinski definition) is 3. The number of carboxylic acid groups (broad SMARTS) is 2. The first kappa shape index (κ1) is 10.9. The van der Waals surface area contributed by atoms with Gasteiger partial charge >= 0.3 is 11.9 Å². The summed E-state index contributed by atoms with van der Waals surface area (Å²) < 4.78 is 0. The van der Waals surface area contributed by atoms with Crippen molar-refractivity contribution < 1.29 is 19.8 Å². The minimum absolute atomic E-state index is 0.865. The quantitative estimate of drug-likeness (QED) is 0.556. The summed E-state index contributed by atoms with van der Waals surface area (Å²) in [7, 11) is 0. The summed E-state index contributed by atoms with van der Waals surface area (Å²) in [4.78, 5) is 20.9. The van der Waals surface area contributed by atoms with Gasteiger partial charge in [-0.25, -0.2) is 0 Å². The van der Waals surface area contributed by atoms with Gasteiger partial charge in [-0.2, -0.15) is 0 Å². The molecule has 0 heterocycles. The van der Waals surface area contributed by atoms with E-state index >= 15 is 0 Å². The third-order valence-corrected chi connectivity index (χ3v) is 1.48. The normalized spacial score (nSPS) is 13.9. The van der Waals surface area contributed by atoms with Crippen LogP contribution in [0.15, 0.2) is 0 Å². The van der Waals surface area contributed by atoms with Gasteiger partial charge in [-0.1, -0.05) is 0 Å². The van der Waals surface area contributed by atoms with Crippen LogP contribution < -0.4 is 5.32 Å². The second-order valence-corrected chi connectivity index (χ2v) is 3.13. The average Bonchev–Trinajstić information content (AvgIpc) is 1.85. The highest BCUT2D eigenvalue weighted by Crippen LogP contribution is 2.03. The zero-order valence-electron chi connectivity index (χ0n) is 7.29. The molecule has 0 aromatic heterocycles. The molecule has 0 amide bonds. The Morgan fingerprint density at radius 1 is 1.33 bits per heavy atom. The van der Waals surface area contributed by atoms with Gasteiger partial charge in [-0.15, -0.1) is 0 Å². The van der Waals surface area contributed by atoms with Crippen LogP contribution in [0.3, 0.4) is 0 Å². The van der Waals surface area contributed by atoms with E-state index in [4.69, 9.17) is 10.2 Å². The van der Waals surface area contributed by atoms with Crippen molar-refractivity contribution in [3.05, 3.63) is 0 Å². The molecular weight excluding hydrogens is 162 g/mol. The first-order chi connectivity index (χ1) is 5.27. The Bertz CT molecular complexity index is 200. The molecule has 70 valence electrons. The molecule has 5 nitrogen and oxygen atoms in total. The predicted molar refractivity (Wildman–Crippen MR) is 41.9 cm³/mol. The maximum Gasteiger partial charge on any atom is 0.323 e. The van der Waals surface area contributed by atoms with Crippen molar-refractivity contribution in [2.45, 2.75) is 32.4 Å². The summed E-state index contributed by atoms with van der Waals surface area (Å²) in [5.41, 5.74) is -1.21. The topological polar surface area (TPSA) is 86.6 Å². The summed E-state index contributed by atoms with van der Waals surface area (Å²) in [5.74, 6) is -2.14. The molecule has 0 aliphatic heterocycles. The molecule has 0 aromatic carbocycles. The molecule has 0 radical (unpaired) electrons. The molecule has 3 N–H and O–H groups in total. The first-order valence-corrected chi connectivity index (χ1v) is 3.51. The van der Waals surface area contributed by atoms with Gasteiger partial charge in [0, 0.05) is 0 Å². The SMILES string of the molecule is CC(NC(C)(C)C(=O)O)C(=O)O. The van der Waals surface area contributed by atoms with Crippen LogP contribution in [0, 0.1) is 0 Å². The lowest BCUT2D eigenvalue weighted by Gasteiger charge is -2.23. The highest BCUT2D eigenvalue weighted by molar-refractivity contribution is 5.80. The van der Waals surface area contributed by atoms with Crippen LogP contribution >= 0.6 is 0 Å². The summed E-state index contributed by atoms with van der Waals surface area (Å²) in [6, 6.07) is -0.865. The Hall–Kier alpha value is -1.10. The number of carbonyl (C=O) groups is 2. The molecule has 1 atom stereocenters. The minimum atomic E-state index is -1.21. The molecule has 0 aliphatic carbocycles. The van der Waals surface area contributed by atoms with Gasteiger partial charge in [0.25, 0.3) is 0 Å². The third-order valence-electron chi connectivity index (χ3n) is 1.48. The molecule has 0 aromatic rings. The van der Waals surface area contributed by atoms with Gasteiger partial charge in [0.2, 0.25) is 0 Å². The molecule has 0 saturated heterocycles. The number of rotatable bonds is 4. The van der Waals surface area contributed by atoms with Crippen molar-refractivity contribution in [1.82, 2.24) is 5.32 Å². The first-order valence-electron chi connectivity index (χ1n) is 3.51. The zero-order valence-corrected chi connectivity index (χ0v) is 7.29. The van der Waals surface area contributed by atoms with E-state index in [1.807, 2.05) is 0 Å². The second-order valence-electron chi connectivity index (χ2n) is 3.13. The van der Waals surface area contributed by atoms with E-state index in [9.17, 15) is 9.59 Å². The minimum Gasteiger partial charge on any atom is -0.480 e. The van der Waals surface area contributed by atoms with Crippen LogP contribution in [0.2, 0.25) is 0 Å². The Morgan fingerprint density at radius 2 is 1.75 bits per heavy atom. The molecule has 0 aliphatic rings. The van der Waals surface area contributed by atoms with Crippen LogP contribution in [0.5, 0.6) is 0 Å². The summed E-state index contributed by atoms with van der Waals surface area (Å²) in [6.45, 7) is 4.22.